The lowest BCUT2D eigenvalue weighted by atomic mass is 10.0. The van der Waals surface area contributed by atoms with Gasteiger partial charge in [-0.15, -0.1) is 0 Å². The number of nitro groups is 1. The summed E-state index contributed by atoms with van der Waals surface area (Å²) >= 11 is 0. The number of aliphatic hydroxyl groups excluding tert-OH is 1. The molecule has 0 aliphatic carbocycles. The lowest BCUT2D eigenvalue weighted by molar-refractivity contribution is -0.384. The summed E-state index contributed by atoms with van der Waals surface area (Å²) in [5.74, 6) is -0.128. The van der Waals surface area contributed by atoms with Gasteiger partial charge in [-0.2, -0.15) is 0 Å². The minimum atomic E-state index is -0.494. The summed E-state index contributed by atoms with van der Waals surface area (Å²) in [4.78, 5) is 22.2. The van der Waals surface area contributed by atoms with Crippen LogP contribution in [0.3, 0.4) is 0 Å². The van der Waals surface area contributed by atoms with Crippen molar-refractivity contribution in [1.29, 1.82) is 0 Å². The summed E-state index contributed by atoms with van der Waals surface area (Å²) in [7, 11) is 1.50. The van der Waals surface area contributed by atoms with Crippen LogP contribution in [0.2, 0.25) is 0 Å². The third-order valence-electron chi connectivity index (χ3n) is 3.27. The molecule has 116 valence electrons. The summed E-state index contributed by atoms with van der Waals surface area (Å²) in [5, 5.41) is 25.7. The standard InChI is InChI=1S/C14H21N3O4/c1-9(2)11(6-7-18)16-12-8-10(14(19)15-3)4-5-13(12)17(20)21/h4-5,8-9,11,16,18H,6-7H2,1-3H3,(H,15,19). The fourth-order valence-electron chi connectivity index (χ4n) is 2.01. The first kappa shape index (κ1) is 16.9. The molecule has 0 heterocycles. The lowest BCUT2D eigenvalue weighted by Gasteiger charge is -2.22. The van der Waals surface area contributed by atoms with Gasteiger partial charge in [0, 0.05) is 31.3 Å². The molecule has 0 aliphatic rings. The van der Waals surface area contributed by atoms with Gasteiger partial charge in [0.1, 0.15) is 5.69 Å². The van der Waals surface area contributed by atoms with Gasteiger partial charge in [-0.1, -0.05) is 13.8 Å². The molecular formula is C14H21N3O4. The Bertz CT molecular complexity index is 517. The molecule has 7 nitrogen and oxygen atoms in total. The SMILES string of the molecule is CNC(=O)c1ccc([N+](=O)[O-])c(NC(CCO)C(C)C)c1. The fourth-order valence-corrected chi connectivity index (χ4v) is 2.01. The highest BCUT2D eigenvalue weighted by molar-refractivity contribution is 5.95. The molecule has 1 unspecified atom stereocenters. The van der Waals surface area contributed by atoms with Gasteiger partial charge in [0.25, 0.3) is 11.6 Å². The van der Waals surface area contributed by atoms with Gasteiger partial charge in [-0.3, -0.25) is 14.9 Å². The summed E-state index contributed by atoms with van der Waals surface area (Å²) in [6.45, 7) is 3.91. The molecule has 0 saturated carbocycles. The zero-order valence-corrected chi connectivity index (χ0v) is 12.4. The second-order valence-corrected chi connectivity index (χ2v) is 5.08. The number of anilines is 1. The van der Waals surface area contributed by atoms with E-state index in [9.17, 15) is 14.9 Å². The maximum absolute atomic E-state index is 11.6. The van der Waals surface area contributed by atoms with Gasteiger partial charge in [0.15, 0.2) is 0 Å². The van der Waals surface area contributed by atoms with Crippen LogP contribution in [0.25, 0.3) is 0 Å². The molecule has 0 radical (unpaired) electrons. The number of aliphatic hydroxyl groups is 1. The van der Waals surface area contributed by atoms with Gasteiger partial charge in [0.05, 0.1) is 4.92 Å². The van der Waals surface area contributed by atoms with E-state index in [1.54, 1.807) is 0 Å². The van der Waals surface area contributed by atoms with Crippen LogP contribution in [0, 0.1) is 16.0 Å². The van der Waals surface area contributed by atoms with Crippen molar-refractivity contribution in [3.63, 3.8) is 0 Å². The number of hydrogen-bond donors (Lipinski definition) is 3. The molecule has 7 heteroatoms. The van der Waals surface area contributed by atoms with E-state index < -0.39 is 4.92 Å². The molecule has 0 aliphatic heterocycles. The van der Waals surface area contributed by atoms with Crippen molar-refractivity contribution in [1.82, 2.24) is 5.32 Å². The smallest absolute Gasteiger partial charge is 0.292 e. The molecular weight excluding hydrogens is 274 g/mol. The molecule has 21 heavy (non-hydrogen) atoms. The number of amides is 1. The molecule has 0 spiro atoms. The molecule has 3 N–H and O–H groups in total. The predicted molar refractivity (Wildman–Crippen MR) is 80.4 cm³/mol. The average molecular weight is 295 g/mol. The third kappa shape index (κ3) is 4.42. The summed E-state index contributed by atoms with van der Waals surface area (Å²) in [6.07, 6.45) is 0.471. The van der Waals surface area contributed by atoms with E-state index in [0.29, 0.717) is 12.0 Å². The number of nitro benzene ring substituents is 1. The van der Waals surface area contributed by atoms with Gasteiger partial charge in [-0.25, -0.2) is 0 Å². The molecule has 1 aromatic carbocycles. The monoisotopic (exact) mass is 295 g/mol. The first-order valence-electron chi connectivity index (χ1n) is 6.78. The normalized spacial score (nSPS) is 12.0. The first-order chi connectivity index (χ1) is 9.90. The summed E-state index contributed by atoms with van der Waals surface area (Å²) in [6, 6.07) is 4.07. The number of benzene rings is 1. The second-order valence-electron chi connectivity index (χ2n) is 5.08. The Labute approximate surface area is 123 Å². The van der Waals surface area contributed by atoms with Crippen LogP contribution in [0.5, 0.6) is 0 Å². The molecule has 0 aromatic heterocycles. The number of carbonyl (C=O) groups is 1. The van der Waals surface area contributed by atoms with Crippen LogP contribution in [0.1, 0.15) is 30.6 Å². The van der Waals surface area contributed by atoms with Crippen molar-refractivity contribution < 1.29 is 14.8 Å². The molecule has 0 saturated heterocycles. The lowest BCUT2D eigenvalue weighted by Crippen LogP contribution is -2.27. The Kier molecular flexibility index (Phi) is 6.10. The van der Waals surface area contributed by atoms with Crippen LogP contribution >= 0.6 is 0 Å². The van der Waals surface area contributed by atoms with E-state index in [0.717, 1.165) is 0 Å². The number of rotatable bonds is 7. The van der Waals surface area contributed by atoms with Crippen molar-refractivity contribution >= 4 is 17.3 Å². The highest BCUT2D eigenvalue weighted by Crippen LogP contribution is 2.27. The van der Waals surface area contributed by atoms with E-state index in [1.807, 2.05) is 13.8 Å². The third-order valence-corrected chi connectivity index (χ3v) is 3.27. The van der Waals surface area contributed by atoms with E-state index in [4.69, 9.17) is 5.11 Å². The molecule has 1 aromatic rings. The minimum absolute atomic E-state index is 0.0151. The second kappa shape index (κ2) is 7.58. The number of hydrogen-bond acceptors (Lipinski definition) is 5. The Morgan fingerprint density at radius 1 is 1.43 bits per heavy atom. The summed E-state index contributed by atoms with van der Waals surface area (Å²) in [5.41, 5.74) is 0.539. The van der Waals surface area contributed by atoms with Gasteiger partial charge < -0.3 is 15.7 Å². The Balaban J connectivity index is 3.16. The van der Waals surface area contributed by atoms with Crippen molar-refractivity contribution in [2.24, 2.45) is 5.92 Å². The molecule has 1 atom stereocenters. The van der Waals surface area contributed by atoms with Crippen molar-refractivity contribution in [3.05, 3.63) is 33.9 Å². The minimum Gasteiger partial charge on any atom is -0.396 e. The van der Waals surface area contributed by atoms with Crippen LogP contribution in [-0.2, 0) is 0 Å². The van der Waals surface area contributed by atoms with E-state index in [2.05, 4.69) is 10.6 Å². The fraction of sp³-hybridized carbons (Fsp3) is 0.500. The molecule has 0 fully saturated rings. The van der Waals surface area contributed by atoms with Crippen molar-refractivity contribution in [3.8, 4) is 0 Å². The molecule has 1 amide bonds. The van der Waals surface area contributed by atoms with Gasteiger partial charge >= 0.3 is 0 Å². The highest BCUT2D eigenvalue weighted by atomic mass is 16.6. The number of carbonyl (C=O) groups excluding carboxylic acids is 1. The summed E-state index contributed by atoms with van der Waals surface area (Å²) < 4.78 is 0. The van der Waals surface area contributed by atoms with Crippen LogP contribution < -0.4 is 10.6 Å². The average Bonchev–Trinajstić information content (AvgIpc) is 2.45. The topological polar surface area (TPSA) is 104 Å². The number of nitrogens with zero attached hydrogens (tertiary/aromatic N) is 1. The zero-order valence-electron chi connectivity index (χ0n) is 12.4. The predicted octanol–water partition coefficient (Wildman–Crippen LogP) is 1.77. The first-order valence-corrected chi connectivity index (χ1v) is 6.78. The largest absolute Gasteiger partial charge is 0.396 e. The molecule has 0 bridgehead atoms. The number of nitrogens with one attached hydrogen (secondary N) is 2. The van der Waals surface area contributed by atoms with E-state index in [1.165, 1.54) is 25.2 Å². The molecule has 1 rings (SSSR count). The van der Waals surface area contributed by atoms with Gasteiger partial charge in [0.2, 0.25) is 0 Å². The quantitative estimate of drug-likeness (QED) is 0.525. The van der Waals surface area contributed by atoms with E-state index >= 15 is 0 Å². The maximum atomic E-state index is 11.6. The van der Waals surface area contributed by atoms with Crippen LogP contribution in [0.15, 0.2) is 18.2 Å². The highest BCUT2D eigenvalue weighted by Gasteiger charge is 2.20. The van der Waals surface area contributed by atoms with Crippen molar-refractivity contribution in [2.75, 3.05) is 19.0 Å². The van der Waals surface area contributed by atoms with E-state index in [-0.39, 0.29) is 35.8 Å². The Morgan fingerprint density at radius 3 is 2.57 bits per heavy atom. The van der Waals surface area contributed by atoms with Crippen LogP contribution in [0.4, 0.5) is 11.4 Å². The van der Waals surface area contributed by atoms with Crippen LogP contribution in [-0.4, -0.2) is 35.6 Å². The maximum Gasteiger partial charge on any atom is 0.292 e. The van der Waals surface area contributed by atoms with Gasteiger partial charge in [-0.05, 0) is 24.5 Å². The zero-order chi connectivity index (χ0) is 16.0. The Morgan fingerprint density at radius 2 is 2.10 bits per heavy atom. The Hall–Kier alpha value is -2.15. The van der Waals surface area contributed by atoms with Crippen molar-refractivity contribution in [2.45, 2.75) is 26.3 Å².